The van der Waals surface area contributed by atoms with Gasteiger partial charge >= 0.3 is 11.9 Å². The lowest BCUT2D eigenvalue weighted by atomic mass is 9.97. The molecule has 1 saturated heterocycles. The number of ether oxygens (including phenoxy) is 1. The lowest BCUT2D eigenvalue weighted by Gasteiger charge is -2.29. The summed E-state index contributed by atoms with van der Waals surface area (Å²) in [6, 6.07) is 0. The van der Waals surface area contributed by atoms with Gasteiger partial charge in [0.15, 0.2) is 0 Å². The molecule has 1 aliphatic rings. The van der Waals surface area contributed by atoms with Crippen molar-refractivity contribution in [1.29, 1.82) is 0 Å². The third-order valence-electron chi connectivity index (χ3n) is 6.13. The first-order chi connectivity index (χ1) is 14.0. The predicted octanol–water partition coefficient (Wildman–Crippen LogP) is 5.81. The van der Waals surface area contributed by atoms with Crippen LogP contribution < -0.4 is 0 Å². The number of carbonyl (C=O) groups excluding carboxylic acids is 1. The summed E-state index contributed by atoms with van der Waals surface area (Å²) in [6.07, 6.45) is 16.6. The number of unbranched alkanes of at least 4 members (excludes halogenated alkanes) is 9. The van der Waals surface area contributed by atoms with Crippen molar-refractivity contribution in [1.82, 2.24) is 4.90 Å². The van der Waals surface area contributed by atoms with Crippen LogP contribution in [0.1, 0.15) is 110 Å². The molecule has 1 unspecified atom stereocenters. The van der Waals surface area contributed by atoms with Crippen molar-refractivity contribution in [3.63, 3.8) is 0 Å². The molecule has 0 aromatic rings. The Hall–Kier alpha value is -1.10. The maximum absolute atomic E-state index is 12.6. The molecular weight excluding hydrogens is 366 g/mol. The zero-order valence-electron chi connectivity index (χ0n) is 19.0. The van der Waals surface area contributed by atoms with Crippen molar-refractivity contribution in [2.75, 3.05) is 20.1 Å². The van der Waals surface area contributed by atoms with Crippen molar-refractivity contribution in [3.05, 3.63) is 0 Å². The lowest BCUT2D eigenvalue weighted by molar-refractivity contribution is -0.156. The Bertz CT molecular complexity index is 433. The molecule has 0 bridgehead atoms. The highest BCUT2D eigenvalue weighted by atomic mass is 16.5. The molecule has 0 spiro atoms. The molecule has 1 atom stereocenters. The number of carboxylic acids is 1. The molecule has 0 amide bonds. The number of likely N-dealkylation sites (tertiary alicyclic amines) is 1. The molecule has 5 heteroatoms. The maximum Gasteiger partial charge on any atom is 0.309 e. The molecule has 29 heavy (non-hydrogen) atoms. The molecular formula is C24H45NO4. The molecule has 1 heterocycles. The third-order valence-corrected chi connectivity index (χ3v) is 6.13. The number of carboxylic acid groups (broad SMARTS) is 1. The fourth-order valence-electron chi connectivity index (χ4n) is 4.10. The van der Waals surface area contributed by atoms with Gasteiger partial charge in [-0.2, -0.15) is 0 Å². The zero-order chi connectivity index (χ0) is 21.3. The van der Waals surface area contributed by atoms with Crippen LogP contribution in [0.25, 0.3) is 0 Å². The minimum absolute atomic E-state index is 0.0110. The van der Waals surface area contributed by atoms with Gasteiger partial charge in [-0.15, -0.1) is 0 Å². The minimum Gasteiger partial charge on any atom is -0.481 e. The predicted molar refractivity (Wildman–Crippen MR) is 118 cm³/mol. The number of piperidine rings is 1. The molecule has 0 aromatic heterocycles. The fourth-order valence-corrected chi connectivity index (χ4v) is 4.10. The zero-order valence-corrected chi connectivity index (χ0v) is 19.0. The van der Waals surface area contributed by atoms with Gasteiger partial charge in [0.2, 0.25) is 0 Å². The van der Waals surface area contributed by atoms with Gasteiger partial charge in [-0.3, -0.25) is 9.59 Å². The van der Waals surface area contributed by atoms with Crippen molar-refractivity contribution >= 4 is 11.9 Å². The Kier molecular flexibility index (Phi) is 14.9. The highest BCUT2D eigenvalue weighted by Crippen LogP contribution is 2.22. The van der Waals surface area contributed by atoms with Crippen molar-refractivity contribution in [2.24, 2.45) is 5.92 Å². The van der Waals surface area contributed by atoms with Gasteiger partial charge in [-0.1, -0.05) is 58.3 Å². The van der Waals surface area contributed by atoms with Crippen molar-refractivity contribution in [2.45, 2.75) is 116 Å². The molecule has 0 aliphatic carbocycles. The maximum atomic E-state index is 12.6. The molecule has 5 nitrogen and oxygen atoms in total. The Morgan fingerprint density at radius 1 is 0.897 bits per heavy atom. The van der Waals surface area contributed by atoms with Crippen LogP contribution in [0.5, 0.6) is 0 Å². The van der Waals surface area contributed by atoms with Gasteiger partial charge < -0.3 is 14.7 Å². The van der Waals surface area contributed by atoms with Crippen molar-refractivity contribution < 1.29 is 19.4 Å². The number of esters is 1. The first-order valence-electron chi connectivity index (χ1n) is 12.1. The second kappa shape index (κ2) is 16.7. The topological polar surface area (TPSA) is 66.8 Å². The van der Waals surface area contributed by atoms with E-state index in [0.717, 1.165) is 70.9 Å². The van der Waals surface area contributed by atoms with Crippen LogP contribution in [0.15, 0.2) is 0 Å². The highest BCUT2D eigenvalue weighted by molar-refractivity contribution is 5.72. The van der Waals surface area contributed by atoms with E-state index in [0.29, 0.717) is 0 Å². The summed E-state index contributed by atoms with van der Waals surface area (Å²) in [6.45, 7) is 4.20. The van der Waals surface area contributed by atoms with Gasteiger partial charge in [-0.25, -0.2) is 0 Å². The Labute approximate surface area is 178 Å². The van der Waals surface area contributed by atoms with Gasteiger partial charge in [0.1, 0.15) is 6.10 Å². The molecule has 1 N–H and O–H groups in total. The summed E-state index contributed by atoms with van der Waals surface area (Å²) in [5.41, 5.74) is 0. The molecule has 170 valence electrons. The Morgan fingerprint density at radius 2 is 1.41 bits per heavy atom. The molecule has 1 fully saturated rings. The molecule has 1 rings (SSSR count). The number of aliphatic carboxylic acids is 1. The van der Waals surface area contributed by atoms with E-state index >= 15 is 0 Å². The Morgan fingerprint density at radius 3 is 1.97 bits per heavy atom. The SMILES string of the molecule is CCCCCCCCCC(CCCCCCC(=O)O)OC(=O)C1CCN(C)CC1. The average molecular weight is 412 g/mol. The number of nitrogens with zero attached hydrogens (tertiary/aromatic N) is 1. The number of rotatable bonds is 17. The quantitative estimate of drug-likeness (QED) is 0.242. The van der Waals surface area contributed by atoms with E-state index in [4.69, 9.17) is 9.84 Å². The van der Waals surface area contributed by atoms with Gasteiger partial charge in [0.25, 0.3) is 0 Å². The fraction of sp³-hybridized carbons (Fsp3) is 0.917. The lowest BCUT2D eigenvalue weighted by Crippen LogP contribution is -2.35. The first-order valence-corrected chi connectivity index (χ1v) is 12.1. The van der Waals surface area contributed by atoms with E-state index in [1.54, 1.807) is 0 Å². The van der Waals surface area contributed by atoms with E-state index in [1.807, 2.05) is 0 Å². The van der Waals surface area contributed by atoms with E-state index in [9.17, 15) is 9.59 Å². The van der Waals surface area contributed by atoms with Gasteiger partial charge in [0.05, 0.1) is 5.92 Å². The number of carbonyl (C=O) groups is 2. The van der Waals surface area contributed by atoms with E-state index in [1.165, 1.54) is 38.5 Å². The highest BCUT2D eigenvalue weighted by Gasteiger charge is 2.26. The van der Waals surface area contributed by atoms with Crippen LogP contribution in [0.2, 0.25) is 0 Å². The second-order valence-electron chi connectivity index (χ2n) is 8.89. The third kappa shape index (κ3) is 13.7. The smallest absolute Gasteiger partial charge is 0.309 e. The van der Waals surface area contributed by atoms with E-state index in [-0.39, 0.29) is 24.4 Å². The summed E-state index contributed by atoms with van der Waals surface area (Å²) < 4.78 is 5.96. The van der Waals surface area contributed by atoms with Crippen LogP contribution in [-0.4, -0.2) is 48.2 Å². The van der Waals surface area contributed by atoms with Crippen LogP contribution in [0.4, 0.5) is 0 Å². The minimum atomic E-state index is -0.714. The molecule has 1 aliphatic heterocycles. The summed E-state index contributed by atoms with van der Waals surface area (Å²) in [4.78, 5) is 25.5. The van der Waals surface area contributed by atoms with Crippen molar-refractivity contribution in [3.8, 4) is 0 Å². The van der Waals surface area contributed by atoms with Gasteiger partial charge in [-0.05, 0) is 65.1 Å². The van der Waals surface area contributed by atoms with E-state index < -0.39 is 5.97 Å². The first kappa shape index (κ1) is 25.9. The molecule has 0 radical (unpaired) electrons. The normalized spacial score (nSPS) is 16.6. The van der Waals surface area contributed by atoms with Crippen LogP contribution >= 0.6 is 0 Å². The number of hydrogen-bond donors (Lipinski definition) is 1. The van der Waals surface area contributed by atoms with Crippen LogP contribution in [0.3, 0.4) is 0 Å². The number of hydrogen-bond acceptors (Lipinski definition) is 4. The Balaban J connectivity index is 2.30. The van der Waals surface area contributed by atoms with Crippen LogP contribution in [-0.2, 0) is 14.3 Å². The largest absolute Gasteiger partial charge is 0.481 e. The standard InChI is InChI=1S/C24H45NO4/c1-3-4-5-6-7-8-11-14-22(15-12-9-10-13-16-23(26)27)29-24(28)21-17-19-25(2)20-18-21/h21-22H,3-20H2,1-2H3,(H,26,27). The molecule has 0 saturated carbocycles. The van der Waals surface area contributed by atoms with E-state index in [2.05, 4.69) is 18.9 Å². The summed E-state index contributed by atoms with van der Waals surface area (Å²) in [7, 11) is 2.11. The summed E-state index contributed by atoms with van der Waals surface area (Å²) in [5.74, 6) is -0.635. The molecule has 0 aromatic carbocycles. The summed E-state index contributed by atoms with van der Waals surface area (Å²) >= 11 is 0. The van der Waals surface area contributed by atoms with Gasteiger partial charge in [0, 0.05) is 6.42 Å². The second-order valence-corrected chi connectivity index (χ2v) is 8.89. The average Bonchev–Trinajstić information content (AvgIpc) is 2.69. The summed E-state index contributed by atoms with van der Waals surface area (Å²) in [5, 5.41) is 8.73. The van der Waals surface area contributed by atoms with Crippen LogP contribution in [0, 0.1) is 5.92 Å². The monoisotopic (exact) mass is 411 g/mol.